The van der Waals surface area contributed by atoms with Gasteiger partial charge in [0, 0.05) is 43.9 Å². The average Bonchev–Trinajstić information content (AvgIpc) is 3.44. The van der Waals surface area contributed by atoms with E-state index in [0.29, 0.717) is 0 Å². The lowest BCUT2D eigenvalue weighted by Crippen LogP contribution is -2.50. The molecule has 0 aromatic heterocycles. The first-order chi connectivity index (χ1) is 36.4. The van der Waals surface area contributed by atoms with Crippen molar-refractivity contribution >= 4 is 75.3 Å². The van der Waals surface area contributed by atoms with Crippen molar-refractivity contribution in [1.29, 1.82) is 0 Å². The normalized spacial score (nSPS) is 12.4. The van der Waals surface area contributed by atoms with Gasteiger partial charge in [0.25, 0.3) is 0 Å². The fourth-order valence-electron chi connectivity index (χ4n) is 8.76. The van der Waals surface area contributed by atoms with Crippen LogP contribution in [0.5, 0.6) is 5.75 Å². The van der Waals surface area contributed by atoms with Crippen LogP contribution in [0.15, 0.2) is 259 Å². The molecule has 388 valence electrons. The summed E-state index contributed by atoms with van der Waals surface area (Å²) in [4.78, 5) is 1.74. The maximum atomic E-state index is 12.3. The lowest BCUT2D eigenvalue weighted by molar-refractivity contribution is -0.372. The molecule has 0 amide bonds. The number of alkyl halides is 6. The second-order valence-corrected chi connectivity index (χ2v) is 27.0. The third kappa shape index (κ3) is 14.5. The van der Waals surface area contributed by atoms with Crippen LogP contribution in [0.2, 0.25) is 0 Å². The second-order valence-electron chi connectivity index (χ2n) is 17.3. The molecule has 9 aromatic rings. The van der Waals surface area contributed by atoms with Gasteiger partial charge in [-0.15, -0.1) is 0 Å². The van der Waals surface area contributed by atoms with E-state index in [2.05, 4.69) is 211 Å². The minimum Gasteiger partial charge on any atom is -0.860 e. The molecule has 0 fully saturated rings. The zero-order valence-corrected chi connectivity index (χ0v) is 44.6. The van der Waals surface area contributed by atoms with Gasteiger partial charge in [-0.2, -0.15) is 26.3 Å². The molecule has 0 saturated carbocycles. The largest absolute Gasteiger partial charge is 0.860 e. The van der Waals surface area contributed by atoms with E-state index < -0.39 is 72.7 Å². The lowest BCUT2D eigenvalue weighted by Gasteiger charge is -2.27. The Balaban J connectivity index is 0.000000171. The Morgan fingerprint density at radius 3 is 0.829 bits per heavy atom. The molecule has 0 spiro atoms. The minimum atomic E-state index is -5.05. The smallest absolute Gasteiger partial charge is 0.416 e. The summed E-state index contributed by atoms with van der Waals surface area (Å²) in [6.45, 7) is 0. The van der Waals surface area contributed by atoms with E-state index in [1.165, 1.54) is 43.0 Å². The van der Waals surface area contributed by atoms with E-state index in [1.807, 2.05) is 24.3 Å². The van der Waals surface area contributed by atoms with Crippen molar-refractivity contribution in [2.45, 2.75) is 34.5 Å². The zero-order chi connectivity index (χ0) is 54.4. The summed E-state index contributed by atoms with van der Waals surface area (Å²) in [6.07, 6.45) is -4.79. The van der Waals surface area contributed by atoms with Crippen molar-refractivity contribution in [2.24, 2.45) is 0 Å². The molecule has 0 aliphatic rings. The van der Waals surface area contributed by atoms with E-state index in [-0.39, 0.29) is 18.2 Å². The predicted octanol–water partition coefficient (Wildman–Crippen LogP) is 10.6. The Labute approximate surface area is 446 Å². The van der Waals surface area contributed by atoms with Crippen molar-refractivity contribution in [1.82, 2.24) is 0 Å². The molecule has 0 aliphatic carbocycles. The molecule has 0 aliphatic heterocycles. The van der Waals surface area contributed by atoms with Crippen LogP contribution in [0.3, 0.4) is 0 Å². The standard InChI is InChI=1S/2C26H24OPS.C8H3BF6O3/c2*1-29(27)26-19-17-22(18-20-26)21-28(23-11-5-2-6-12-23,24-13-7-3-8-14-24)25-15-9-4-10-16-25;10-7(11,12)4-1-5(8(13,14)15)3-6(2-4)18-9(16)17/h2*2-20H,21H2,1H3;1-3H/q2*+1;-2. The summed E-state index contributed by atoms with van der Waals surface area (Å²) < 4.78 is 101. The van der Waals surface area contributed by atoms with Crippen LogP contribution in [0.1, 0.15) is 22.3 Å². The number of hydrogen-bond acceptors (Lipinski definition) is 5. The first-order valence-electron chi connectivity index (χ1n) is 23.6. The highest BCUT2D eigenvalue weighted by atomic mass is 32.2. The summed E-state index contributed by atoms with van der Waals surface area (Å²) >= 11 is 0. The molecule has 76 heavy (non-hydrogen) atoms. The van der Waals surface area contributed by atoms with Gasteiger partial charge in [0.15, 0.2) is 0 Å². The van der Waals surface area contributed by atoms with Gasteiger partial charge < -0.3 is 14.7 Å². The first kappa shape index (κ1) is 57.2. The van der Waals surface area contributed by atoms with Crippen molar-refractivity contribution in [2.75, 3.05) is 12.5 Å². The Bertz CT molecular complexity index is 2870. The highest BCUT2D eigenvalue weighted by Gasteiger charge is 2.47. The Kier molecular flexibility index (Phi) is 19.6. The van der Waals surface area contributed by atoms with E-state index in [0.717, 1.165) is 22.1 Å². The number of hydrogen-bond donors (Lipinski definition) is 0. The predicted molar refractivity (Wildman–Crippen MR) is 298 cm³/mol. The maximum absolute atomic E-state index is 12.3. The van der Waals surface area contributed by atoms with E-state index >= 15 is 0 Å². The Morgan fingerprint density at radius 1 is 0.395 bits per heavy atom. The molecule has 2 unspecified atom stereocenters. The Hall–Kier alpha value is -6.50. The van der Waals surface area contributed by atoms with Crippen LogP contribution in [-0.2, 0) is 46.3 Å². The molecule has 0 N–H and O–H groups in total. The zero-order valence-electron chi connectivity index (χ0n) is 41.2. The highest BCUT2D eigenvalue weighted by molar-refractivity contribution is 7.95. The van der Waals surface area contributed by atoms with E-state index in [9.17, 15) is 44.8 Å². The maximum Gasteiger partial charge on any atom is 0.416 e. The van der Waals surface area contributed by atoms with Crippen LogP contribution >= 0.6 is 14.5 Å². The summed E-state index contributed by atoms with van der Waals surface area (Å²) in [5.41, 5.74) is -0.783. The molecule has 0 saturated heterocycles. The SMILES string of the molecule is CS(=O)c1ccc(C[P+](c2ccccc2)(c2ccccc2)c2ccccc2)cc1.CS(=O)c1ccc(C[P+](c2ccccc2)(c2ccccc2)c2ccccc2)cc1.[O-]B([O-])Oc1cc(C(F)(F)F)cc(C(F)(F)F)c1. The van der Waals surface area contributed by atoms with Gasteiger partial charge in [-0.05, 0) is 126 Å². The lowest BCUT2D eigenvalue weighted by atomic mass is 10.1. The van der Waals surface area contributed by atoms with Crippen LogP contribution in [-0.4, -0.2) is 28.3 Å². The quantitative estimate of drug-likeness (QED) is 0.0615. The third-order valence-electron chi connectivity index (χ3n) is 12.3. The van der Waals surface area contributed by atoms with Gasteiger partial charge >= 0.3 is 12.4 Å². The molecule has 2 atom stereocenters. The van der Waals surface area contributed by atoms with Crippen molar-refractivity contribution in [3.63, 3.8) is 0 Å². The van der Waals surface area contributed by atoms with Crippen molar-refractivity contribution in [3.8, 4) is 5.75 Å². The molecule has 5 nitrogen and oxygen atoms in total. The van der Waals surface area contributed by atoms with Gasteiger partial charge in [-0.1, -0.05) is 133 Å². The molecule has 0 radical (unpaired) electrons. The fraction of sp³-hybridized carbons (Fsp3) is 0.100. The van der Waals surface area contributed by atoms with Gasteiger partial charge in [-0.3, -0.25) is 8.42 Å². The molecule has 0 bridgehead atoms. The molecule has 0 heterocycles. The first-order valence-corrected chi connectivity index (χ1v) is 30.7. The van der Waals surface area contributed by atoms with Gasteiger partial charge in [-0.25, -0.2) is 0 Å². The van der Waals surface area contributed by atoms with Crippen LogP contribution in [0.25, 0.3) is 0 Å². The van der Waals surface area contributed by atoms with Crippen LogP contribution in [0.4, 0.5) is 26.3 Å². The topological polar surface area (TPSA) is 89.5 Å². The van der Waals surface area contributed by atoms with E-state index in [4.69, 9.17) is 0 Å². The number of rotatable bonds is 14. The summed E-state index contributed by atoms with van der Waals surface area (Å²) in [5.74, 6) is -1.08. The Morgan fingerprint density at radius 2 is 0.632 bits per heavy atom. The summed E-state index contributed by atoms with van der Waals surface area (Å²) in [6, 6.07) is 82.1. The molecular weight excluding hydrogens is 1050 g/mol. The minimum absolute atomic E-state index is 0.141. The van der Waals surface area contributed by atoms with Crippen molar-refractivity contribution < 1.29 is 49.5 Å². The number of halogens is 6. The van der Waals surface area contributed by atoms with Gasteiger partial charge in [0.1, 0.15) is 53.7 Å². The molecule has 9 rings (SSSR count). The van der Waals surface area contributed by atoms with Crippen molar-refractivity contribution in [3.05, 3.63) is 271 Å². The van der Waals surface area contributed by atoms with Gasteiger partial charge in [0.2, 0.25) is 0 Å². The monoisotopic (exact) mass is 1100 g/mol. The molecular formula is C60H51BF6O5P2S2. The average molecular weight is 1100 g/mol. The molecule has 9 aromatic carbocycles. The summed E-state index contributed by atoms with van der Waals surface area (Å²) in [5, 5.41) is 28.4. The highest BCUT2D eigenvalue weighted by Crippen LogP contribution is 2.59. The van der Waals surface area contributed by atoms with Crippen LogP contribution < -0.4 is 46.5 Å². The van der Waals surface area contributed by atoms with E-state index in [1.54, 1.807) is 12.5 Å². The van der Waals surface area contributed by atoms with Gasteiger partial charge in [0.05, 0.1) is 29.2 Å². The van der Waals surface area contributed by atoms with Crippen LogP contribution in [0, 0.1) is 0 Å². The molecule has 16 heteroatoms. The second kappa shape index (κ2) is 26.0. The summed E-state index contributed by atoms with van der Waals surface area (Å²) in [7, 11) is -8.72. The fourth-order valence-corrected chi connectivity index (χ4v) is 18.3. The third-order valence-corrected chi connectivity index (χ3v) is 23.0. The number of benzene rings is 9.